The average Bonchev–Trinajstić information content (AvgIpc) is 2.68. The molecule has 0 radical (unpaired) electrons. The molecule has 142 valence electrons. The highest BCUT2D eigenvalue weighted by molar-refractivity contribution is 6.08. The van der Waals surface area contributed by atoms with E-state index in [2.05, 4.69) is 15.2 Å². The number of hydrogen-bond donors (Lipinski definition) is 1. The van der Waals surface area contributed by atoms with Gasteiger partial charge in [-0.05, 0) is 18.2 Å². The van der Waals surface area contributed by atoms with Crippen molar-refractivity contribution in [3.05, 3.63) is 52.2 Å². The molecular weight excluding hydrogens is 350 g/mol. The molecule has 1 aromatic heterocycles. The van der Waals surface area contributed by atoms with Gasteiger partial charge in [0.2, 0.25) is 0 Å². The highest BCUT2D eigenvalue weighted by Gasteiger charge is 2.19. The van der Waals surface area contributed by atoms with Crippen LogP contribution in [0.5, 0.6) is 0 Å². The maximum absolute atomic E-state index is 12.7. The second kappa shape index (κ2) is 8.00. The van der Waals surface area contributed by atoms with Crippen molar-refractivity contribution < 1.29 is 14.5 Å². The lowest BCUT2D eigenvalue weighted by atomic mass is 10.1. The minimum Gasteiger partial charge on any atom is -0.378 e. The smallest absolute Gasteiger partial charge is 0.270 e. The highest BCUT2D eigenvalue weighted by atomic mass is 16.6. The summed E-state index contributed by atoms with van der Waals surface area (Å²) in [6.07, 6.45) is 1.70. The maximum Gasteiger partial charge on any atom is 0.270 e. The van der Waals surface area contributed by atoms with Crippen LogP contribution in [0.15, 0.2) is 36.5 Å². The molecule has 2 heterocycles. The van der Waals surface area contributed by atoms with Crippen molar-refractivity contribution in [2.45, 2.75) is 0 Å². The van der Waals surface area contributed by atoms with Gasteiger partial charge in [0.1, 0.15) is 5.82 Å². The lowest BCUT2D eigenvalue weighted by molar-refractivity contribution is -0.384. The van der Waals surface area contributed by atoms with Crippen molar-refractivity contribution in [2.75, 3.05) is 55.5 Å². The molecule has 0 unspecified atom stereocenters. The number of morpholine rings is 1. The number of nitrogens with zero attached hydrogens (tertiary/aromatic N) is 4. The molecule has 0 saturated carbocycles. The lowest BCUT2D eigenvalue weighted by Crippen LogP contribution is -2.36. The van der Waals surface area contributed by atoms with E-state index in [9.17, 15) is 14.9 Å². The zero-order valence-electron chi connectivity index (χ0n) is 15.2. The Morgan fingerprint density at radius 2 is 2.00 bits per heavy atom. The number of nitro benzene ring substituents is 1. The third-order valence-corrected chi connectivity index (χ3v) is 4.28. The normalized spacial score (nSPS) is 13.9. The largest absolute Gasteiger partial charge is 0.378 e. The zero-order valence-corrected chi connectivity index (χ0v) is 15.2. The Labute approximate surface area is 156 Å². The molecule has 1 saturated heterocycles. The molecule has 9 nitrogen and oxygen atoms in total. The van der Waals surface area contributed by atoms with Crippen LogP contribution in [-0.4, -0.2) is 56.2 Å². The number of ether oxygens (including phenoxy) is 1. The summed E-state index contributed by atoms with van der Waals surface area (Å²) >= 11 is 0. The Morgan fingerprint density at radius 1 is 1.26 bits per heavy atom. The number of amides is 1. The number of nitro groups is 1. The standard InChI is InChI=1S/C18H21N5O4/c1-21(2)16-5-3-13(23(25)26)11-15(16)18(24)20-17-6-4-14(12-19-17)22-7-9-27-10-8-22/h3-6,11-12H,7-10H2,1-2H3,(H,19,20,24). The van der Waals surface area contributed by atoms with Gasteiger partial charge < -0.3 is 19.9 Å². The molecule has 3 rings (SSSR count). The first-order valence-electron chi connectivity index (χ1n) is 8.51. The number of aromatic nitrogens is 1. The minimum atomic E-state index is -0.522. The Hall–Kier alpha value is -3.20. The number of pyridine rings is 1. The van der Waals surface area contributed by atoms with Crippen LogP contribution in [0, 0.1) is 10.1 Å². The van der Waals surface area contributed by atoms with Crippen LogP contribution in [0.1, 0.15) is 10.4 Å². The Kier molecular flexibility index (Phi) is 5.51. The number of anilines is 3. The quantitative estimate of drug-likeness (QED) is 0.635. The van der Waals surface area contributed by atoms with Crippen molar-refractivity contribution >= 4 is 28.8 Å². The first-order valence-corrected chi connectivity index (χ1v) is 8.51. The lowest BCUT2D eigenvalue weighted by Gasteiger charge is -2.28. The third kappa shape index (κ3) is 4.32. The predicted molar refractivity (Wildman–Crippen MR) is 103 cm³/mol. The van der Waals surface area contributed by atoms with E-state index >= 15 is 0 Å². The molecule has 9 heteroatoms. The second-order valence-electron chi connectivity index (χ2n) is 6.31. The molecule has 27 heavy (non-hydrogen) atoms. The van der Waals surface area contributed by atoms with Crippen molar-refractivity contribution in [1.29, 1.82) is 0 Å². The van der Waals surface area contributed by atoms with Gasteiger partial charge >= 0.3 is 0 Å². The van der Waals surface area contributed by atoms with Crippen molar-refractivity contribution in [1.82, 2.24) is 4.98 Å². The molecule has 0 bridgehead atoms. The van der Waals surface area contributed by atoms with Crippen molar-refractivity contribution in [3.8, 4) is 0 Å². The van der Waals surface area contributed by atoms with Crippen LogP contribution in [0.25, 0.3) is 0 Å². The van der Waals surface area contributed by atoms with E-state index in [0.29, 0.717) is 24.7 Å². The Bertz CT molecular complexity index is 832. The summed E-state index contributed by atoms with van der Waals surface area (Å²) < 4.78 is 5.33. The maximum atomic E-state index is 12.7. The van der Waals surface area contributed by atoms with Crippen LogP contribution in [0.2, 0.25) is 0 Å². The molecule has 1 aliphatic rings. The van der Waals surface area contributed by atoms with Gasteiger partial charge in [0.15, 0.2) is 0 Å². The SMILES string of the molecule is CN(C)c1ccc([N+](=O)[O-])cc1C(=O)Nc1ccc(N2CCOCC2)cn1. The average molecular weight is 371 g/mol. The first kappa shape index (κ1) is 18.6. The number of non-ortho nitro benzene ring substituents is 1. The van der Waals surface area contributed by atoms with Gasteiger partial charge in [0.05, 0.1) is 35.6 Å². The zero-order chi connectivity index (χ0) is 19.4. The second-order valence-corrected chi connectivity index (χ2v) is 6.31. The van der Waals surface area contributed by atoms with E-state index in [4.69, 9.17) is 4.74 Å². The number of carbonyl (C=O) groups excluding carboxylic acids is 1. The fourth-order valence-electron chi connectivity index (χ4n) is 2.86. The fraction of sp³-hybridized carbons (Fsp3) is 0.333. The number of benzene rings is 1. The Balaban J connectivity index is 1.78. The molecule has 1 N–H and O–H groups in total. The summed E-state index contributed by atoms with van der Waals surface area (Å²) in [6.45, 7) is 2.96. The van der Waals surface area contributed by atoms with Crippen LogP contribution in [-0.2, 0) is 4.74 Å². The third-order valence-electron chi connectivity index (χ3n) is 4.28. The summed E-state index contributed by atoms with van der Waals surface area (Å²) in [5, 5.41) is 13.7. The van der Waals surface area contributed by atoms with E-state index in [1.807, 2.05) is 6.07 Å². The summed E-state index contributed by atoms with van der Waals surface area (Å²) in [5.41, 5.74) is 1.62. The molecule has 0 aliphatic carbocycles. The fourth-order valence-corrected chi connectivity index (χ4v) is 2.86. The molecular formula is C18H21N5O4. The van der Waals surface area contributed by atoms with E-state index < -0.39 is 10.8 Å². The molecule has 0 atom stereocenters. The van der Waals surface area contributed by atoms with Crippen molar-refractivity contribution in [3.63, 3.8) is 0 Å². The number of carbonyl (C=O) groups is 1. The van der Waals surface area contributed by atoms with Crippen LogP contribution in [0.3, 0.4) is 0 Å². The van der Waals surface area contributed by atoms with E-state index in [1.165, 1.54) is 12.1 Å². The van der Waals surface area contributed by atoms with E-state index in [1.54, 1.807) is 37.3 Å². The van der Waals surface area contributed by atoms with Gasteiger partial charge in [-0.2, -0.15) is 0 Å². The monoisotopic (exact) mass is 371 g/mol. The molecule has 1 fully saturated rings. The molecule has 2 aromatic rings. The van der Waals surface area contributed by atoms with Crippen molar-refractivity contribution in [2.24, 2.45) is 0 Å². The molecule has 1 aliphatic heterocycles. The van der Waals surface area contributed by atoms with E-state index in [-0.39, 0.29) is 11.3 Å². The van der Waals surface area contributed by atoms with E-state index in [0.717, 1.165) is 18.8 Å². The van der Waals surface area contributed by atoms with Gasteiger partial charge in [-0.3, -0.25) is 14.9 Å². The number of nitrogens with one attached hydrogen (secondary N) is 1. The topological polar surface area (TPSA) is 101 Å². The molecule has 1 aromatic carbocycles. The van der Waals surface area contributed by atoms with Gasteiger partial charge in [0, 0.05) is 45.0 Å². The number of hydrogen-bond acceptors (Lipinski definition) is 7. The molecule has 1 amide bonds. The van der Waals surface area contributed by atoms with Crippen LogP contribution < -0.4 is 15.1 Å². The first-order chi connectivity index (χ1) is 13.0. The minimum absolute atomic E-state index is 0.138. The summed E-state index contributed by atoms with van der Waals surface area (Å²) in [4.78, 5) is 31.4. The number of rotatable bonds is 5. The van der Waals surface area contributed by atoms with Crippen LogP contribution in [0.4, 0.5) is 22.9 Å². The summed E-state index contributed by atoms with van der Waals surface area (Å²) in [5.74, 6) is -0.0674. The summed E-state index contributed by atoms with van der Waals surface area (Å²) in [7, 11) is 3.54. The Morgan fingerprint density at radius 3 is 2.59 bits per heavy atom. The summed E-state index contributed by atoms with van der Waals surface area (Å²) in [6, 6.07) is 7.81. The predicted octanol–water partition coefficient (Wildman–Crippen LogP) is 2.14. The van der Waals surface area contributed by atoms with Gasteiger partial charge in [-0.15, -0.1) is 0 Å². The van der Waals surface area contributed by atoms with Gasteiger partial charge in [-0.25, -0.2) is 4.98 Å². The van der Waals surface area contributed by atoms with Gasteiger partial charge in [-0.1, -0.05) is 0 Å². The van der Waals surface area contributed by atoms with Gasteiger partial charge in [0.25, 0.3) is 11.6 Å². The van der Waals surface area contributed by atoms with Crippen LogP contribution >= 0.6 is 0 Å². The highest BCUT2D eigenvalue weighted by Crippen LogP contribution is 2.25. The molecule has 0 spiro atoms.